The van der Waals surface area contributed by atoms with Crippen LogP contribution in [0.2, 0.25) is 0 Å². The van der Waals surface area contributed by atoms with Crippen LogP contribution >= 0.6 is 15.9 Å². The molecule has 0 atom stereocenters. The Labute approximate surface area is 109 Å². The highest BCUT2D eigenvalue weighted by Crippen LogP contribution is 2.17. The first-order valence-corrected chi connectivity index (χ1v) is 6.43. The van der Waals surface area contributed by atoms with E-state index in [0.29, 0.717) is 5.56 Å². The fourth-order valence-electron chi connectivity index (χ4n) is 1.97. The van der Waals surface area contributed by atoms with Gasteiger partial charge in [0.1, 0.15) is 0 Å². The quantitative estimate of drug-likeness (QED) is 0.840. The third-order valence-corrected chi connectivity index (χ3v) is 3.44. The van der Waals surface area contributed by atoms with Crippen molar-refractivity contribution in [3.8, 4) is 0 Å². The molecule has 4 nitrogen and oxygen atoms in total. The van der Waals surface area contributed by atoms with Crippen molar-refractivity contribution < 1.29 is 9.53 Å². The number of rotatable bonds is 2. The van der Waals surface area contributed by atoms with Crippen LogP contribution < -0.4 is 0 Å². The second-order valence-corrected chi connectivity index (χ2v) is 5.07. The molecular formula is C12H15BrN2O2. The number of carbonyl (C=O) groups is 1. The lowest BCUT2D eigenvalue weighted by Gasteiger charge is -2.31. The topological polar surface area (TPSA) is 42.4 Å². The van der Waals surface area contributed by atoms with Gasteiger partial charge in [-0.05, 0) is 34.8 Å². The van der Waals surface area contributed by atoms with Crippen LogP contribution in [0.1, 0.15) is 23.2 Å². The molecule has 2 heterocycles. The number of hydrogen-bond donors (Lipinski definition) is 0. The van der Waals surface area contributed by atoms with E-state index >= 15 is 0 Å². The molecule has 1 fully saturated rings. The van der Waals surface area contributed by atoms with E-state index in [1.54, 1.807) is 23.4 Å². The molecule has 0 bridgehead atoms. The van der Waals surface area contributed by atoms with Crippen molar-refractivity contribution in [2.24, 2.45) is 0 Å². The maximum absolute atomic E-state index is 12.2. The highest BCUT2D eigenvalue weighted by atomic mass is 79.9. The summed E-state index contributed by atoms with van der Waals surface area (Å²) in [5.74, 6) is 0.0192. The summed E-state index contributed by atoms with van der Waals surface area (Å²) in [7, 11) is 1.85. The lowest BCUT2D eigenvalue weighted by molar-refractivity contribution is 0.0362. The van der Waals surface area contributed by atoms with Gasteiger partial charge in [0.15, 0.2) is 0 Å². The molecule has 0 N–H and O–H groups in total. The van der Waals surface area contributed by atoms with E-state index in [2.05, 4.69) is 20.9 Å². The van der Waals surface area contributed by atoms with E-state index in [4.69, 9.17) is 4.74 Å². The van der Waals surface area contributed by atoms with E-state index in [1.165, 1.54) is 0 Å². The van der Waals surface area contributed by atoms with Crippen LogP contribution in [0.15, 0.2) is 22.9 Å². The molecule has 1 aromatic heterocycles. The van der Waals surface area contributed by atoms with Gasteiger partial charge in [0, 0.05) is 43.2 Å². The van der Waals surface area contributed by atoms with Gasteiger partial charge in [-0.2, -0.15) is 0 Å². The zero-order valence-electron chi connectivity index (χ0n) is 9.73. The summed E-state index contributed by atoms with van der Waals surface area (Å²) in [5, 5.41) is 0. The van der Waals surface area contributed by atoms with E-state index in [1.807, 2.05) is 7.05 Å². The van der Waals surface area contributed by atoms with E-state index < -0.39 is 0 Å². The molecule has 1 amide bonds. The van der Waals surface area contributed by atoms with Crippen molar-refractivity contribution >= 4 is 21.8 Å². The molecule has 0 saturated carbocycles. The summed E-state index contributed by atoms with van der Waals surface area (Å²) >= 11 is 3.32. The summed E-state index contributed by atoms with van der Waals surface area (Å²) in [6, 6.07) is 2.07. The van der Waals surface area contributed by atoms with Gasteiger partial charge in [0.25, 0.3) is 5.91 Å². The SMILES string of the molecule is CN(C(=O)c1cncc(Br)c1)C1CCOCC1. The summed E-state index contributed by atoms with van der Waals surface area (Å²) in [6.07, 6.45) is 5.08. The van der Waals surface area contributed by atoms with Crippen LogP contribution in [0.25, 0.3) is 0 Å². The minimum absolute atomic E-state index is 0.0192. The smallest absolute Gasteiger partial charge is 0.255 e. The summed E-state index contributed by atoms with van der Waals surface area (Å²) in [6.45, 7) is 1.47. The first-order valence-electron chi connectivity index (χ1n) is 5.64. The molecule has 0 spiro atoms. The number of nitrogens with zero attached hydrogens (tertiary/aromatic N) is 2. The van der Waals surface area contributed by atoms with Crippen LogP contribution in [0.5, 0.6) is 0 Å². The fourth-order valence-corrected chi connectivity index (χ4v) is 2.34. The Morgan fingerprint density at radius 1 is 1.47 bits per heavy atom. The summed E-state index contributed by atoms with van der Waals surface area (Å²) in [4.78, 5) is 18.0. The monoisotopic (exact) mass is 298 g/mol. The first-order chi connectivity index (χ1) is 8.18. The van der Waals surface area contributed by atoms with E-state index in [-0.39, 0.29) is 11.9 Å². The molecule has 1 saturated heterocycles. The molecule has 0 aromatic carbocycles. The molecule has 0 radical (unpaired) electrons. The maximum Gasteiger partial charge on any atom is 0.255 e. The van der Waals surface area contributed by atoms with Crippen LogP contribution in [-0.4, -0.2) is 42.1 Å². The zero-order chi connectivity index (χ0) is 12.3. The Morgan fingerprint density at radius 3 is 2.82 bits per heavy atom. The highest BCUT2D eigenvalue weighted by molar-refractivity contribution is 9.10. The predicted octanol–water partition coefficient (Wildman–Crippen LogP) is 2.10. The normalized spacial score (nSPS) is 16.8. The predicted molar refractivity (Wildman–Crippen MR) is 67.9 cm³/mol. The third-order valence-electron chi connectivity index (χ3n) is 3.01. The minimum Gasteiger partial charge on any atom is -0.381 e. The van der Waals surface area contributed by atoms with Gasteiger partial charge >= 0.3 is 0 Å². The number of hydrogen-bond acceptors (Lipinski definition) is 3. The van der Waals surface area contributed by atoms with Crippen LogP contribution in [-0.2, 0) is 4.74 Å². The lowest BCUT2D eigenvalue weighted by Crippen LogP contribution is -2.40. The second-order valence-electron chi connectivity index (χ2n) is 4.15. The van der Waals surface area contributed by atoms with Gasteiger partial charge in [0.2, 0.25) is 0 Å². The molecular weight excluding hydrogens is 284 g/mol. The number of aromatic nitrogens is 1. The van der Waals surface area contributed by atoms with Gasteiger partial charge in [-0.25, -0.2) is 0 Å². The Bertz CT molecular complexity index is 405. The van der Waals surface area contributed by atoms with Crippen molar-refractivity contribution in [3.63, 3.8) is 0 Å². The molecule has 17 heavy (non-hydrogen) atoms. The summed E-state index contributed by atoms with van der Waals surface area (Å²) in [5.41, 5.74) is 0.619. The summed E-state index contributed by atoms with van der Waals surface area (Å²) < 4.78 is 6.12. The second kappa shape index (κ2) is 5.60. The van der Waals surface area contributed by atoms with Crippen LogP contribution in [0.4, 0.5) is 0 Å². The Balaban J connectivity index is 2.08. The highest BCUT2D eigenvalue weighted by Gasteiger charge is 2.23. The van der Waals surface area contributed by atoms with Crippen molar-refractivity contribution in [2.45, 2.75) is 18.9 Å². The maximum atomic E-state index is 12.2. The van der Waals surface area contributed by atoms with Gasteiger partial charge in [0.05, 0.1) is 5.56 Å². The fraction of sp³-hybridized carbons (Fsp3) is 0.500. The van der Waals surface area contributed by atoms with Crippen molar-refractivity contribution in [1.29, 1.82) is 0 Å². The number of amides is 1. The largest absolute Gasteiger partial charge is 0.381 e. The van der Waals surface area contributed by atoms with Gasteiger partial charge < -0.3 is 9.64 Å². The zero-order valence-corrected chi connectivity index (χ0v) is 11.3. The molecule has 0 aliphatic carbocycles. The molecule has 1 aromatic rings. The number of ether oxygens (including phenoxy) is 1. The lowest BCUT2D eigenvalue weighted by atomic mass is 10.1. The van der Waals surface area contributed by atoms with Crippen molar-refractivity contribution in [2.75, 3.05) is 20.3 Å². The first kappa shape index (κ1) is 12.5. The van der Waals surface area contributed by atoms with Crippen molar-refractivity contribution in [3.05, 3.63) is 28.5 Å². The number of halogens is 1. The average Bonchev–Trinajstić information content (AvgIpc) is 2.38. The van der Waals surface area contributed by atoms with Crippen molar-refractivity contribution in [1.82, 2.24) is 9.88 Å². The average molecular weight is 299 g/mol. The van der Waals surface area contributed by atoms with Crippen LogP contribution in [0.3, 0.4) is 0 Å². The number of pyridine rings is 1. The van der Waals surface area contributed by atoms with Gasteiger partial charge in [-0.15, -0.1) is 0 Å². The third kappa shape index (κ3) is 3.04. The molecule has 2 rings (SSSR count). The molecule has 5 heteroatoms. The molecule has 1 aliphatic heterocycles. The van der Waals surface area contributed by atoms with Crippen LogP contribution in [0, 0.1) is 0 Å². The Hall–Kier alpha value is -0.940. The Kier molecular flexibility index (Phi) is 4.12. The molecule has 1 aliphatic rings. The standard InChI is InChI=1S/C12H15BrN2O2/c1-15(11-2-4-17-5-3-11)12(16)9-6-10(13)8-14-7-9/h6-8,11H,2-5H2,1H3. The van der Waals surface area contributed by atoms with Gasteiger partial charge in [-0.1, -0.05) is 0 Å². The minimum atomic E-state index is 0.0192. The van der Waals surface area contributed by atoms with E-state index in [9.17, 15) is 4.79 Å². The Morgan fingerprint density at radius 2 is 2.18 bits per heavy atom. The molecule has 92 valence electrons. The van der Waals surface area contributed by atoms with Gasteiger partial charge in [-0.3, -0.25) is 9.78 Å². The number of carbonyl (C=O) groups excluding carboxylic acids is 1. The molecule has 0 unspecified atom stereocenters. The van der Waals surface area contributed by atoms with E-state index in [0.717, 1.165) is 30.5 Å².